The van der Waals surface area contributed by atoms with Crippen molar-refractivity contribution in [2.45, 2.75) is 20.3 Å². The van der Waals surface area contributed by atoms with Gasteiger partial charge in [-0.2, -0.15) is 0 Å². The van der Waals surface area contributed by atoms with Crippen LogP contribution in [-0.4, -0.2) is 20.8 Å². The highest BCUT2D eigenvalue weighted by Crippen LogP contribution is 2.27. The molecule has 0 amide bonds. The molecule has 0 aliphatic rings. The largest absolute Gasteiger partial charge is 0.493 e. The van der Waals surface area contributed by atoms with E-state index < -0.39 is 0 Å². The molecule has 15 heavy (non-hydrogen) atoms. The van der Waals surface area contributed by atoms with E-state index >= 15 is 0 Å². The first-order valence-corrected chi connectivity index (χ1v) is 5.22. The van der Waals surface area contributed by atoms with Gasteiger partial charge in [-0.3, -0.25) is 0 Å². The summed E-state index contributed by atoms with van der Waals surface area (Å²) in [7, 11) is 3.25. The minimum Gasteiger partial charge on any atom is -0.493 e. The number of benzene rings is 1. The number of ether oxygens (including phenoxy) is 2. The molecule has 2 N–H and O–H groups in total. The van der Waals surface area contributed by atoms with Crippen LogP contribution in [0.25, 0.3) is 0 Å². The van der Waals surface area contributed by atoms with Crippen molar-refractivity contribution in [2.24, 2.45) is 5.73 Å². The summed E-state index contributed by atoms with van der Waals surface area (Å²) in [6.07, 6.45) is 0.861. The van der Waals surface area contributed by atoms with Crippen LogP contribution in [0, 0.1) is 0 Å². The van der Waals surface area contributed by atoms with E-state index in [0.29, 0.717) is 6.54 Å². The fraction of sp³-hybridized carbons (Fsp3) is 0.500. The van der Waals surface area contributed by atoms with Crippen molar-refractivity contribution in [1.29, 1.82) is 0 Å². The van der Waals surface area contributed by atoms with Crippen LogP contribution in [0.2, 0.25) is 0 Å². The summed E-state index contributed by atoms with van der Waals surface area (Å²) in [6.45, 7) is 4.65. The molecule has 1 rings (SSSR count). The Balaban J connectivity index is 0.000000921. The van der Waals surface area contributed by atoms with Crippen molar-refractivity contribution in [3.63, 3.8) is 0 Å². The number of rotatable bonds is 4. The fourth-order valence-corrected chi connectivity index (χ4v) is 1.20. The summed E-state index contributed by atoms with van der Waals surface area (Å²) in [5.41, 5.74) is 6.62. The third-order valence-electron chi connectivity index (χ3n) is 1.88. The summed E-state index contributed by atoms with van der Waals surface area (Å²) in [4.78, 5) is 0. The number of methoxy groups -OCH3 is 2. The molecule has 3 heteroatoms. The number of hydrogen-bond donors (Lipinski definition) is 1. The molecule has 1 aromatic carbocycles. The monoisotopic (exact) mass is 211 g/mol. The van der Waals surface area contributed by atoms with E-state index in [1.165, 1.54) is 5.56 Å². The summed E-state index contributed by atoms with van der Waals surface area (Å²) < 4.78 is 10.3. The molecule has 1 aromatic rings. The Bertz CT molecular complexity index is 274. The molecule has 0 saturated heterocycles. The van der Waals surface area contributed by atoms with Crippen LogP contribution in [0.5, 0.6) is 11.5 Å². The van der Waals surface area contributed by atoms with Crippen molar-refractivity contribution in [3.05, 3.63) is 23.8 Å². The molecule has 0 saturated carbocycles. The van der Waals surface area contributed by atoms with Crippen LogP contribution in [0.15, 0.2) is 18.2 Å². The van der Waals surface area contributed by atoms with Gasteiger partial charge in [-0.05, 0) is 30.7 Å². The highest BCUT2D eigenvalue weighted by Gasteiger charge is 2.03. The average Bonchev–Trinajstić information content (AvgIpc) is 2.32. The standard InChI is InChI=1S/C10H15NO2.C2H6/c1-12-9-4-3-8(5-6-11)7-10(9)13-2;1-2/h3-4,7H,5-6,11H2,1-2H3;1-2H3. The first kappa shape index (κ1) is 13.8. The van der Waals surface area contributed by atoms with E-state index in [4.69, 9.17) is 15.2 Å². The van der Waals surface area contributed by atoms with Crippen LogP contribution in [0.3, 0.4) is 0 Å². The van der Waals surface area contributed by atoms with Gasteiger partial charge in [0, 0.05) is 0 Å². The van der Waals surface area contributed by atoms with E-state index in [1.54, 1.807) is 14.2 Å². The summed E-state index contributed by atoms with van der Waals surface area (Å²) in [6, 6.07) is 5.84. The van der Waals surface area contributed by atoms with Crippen molar-refractivity contribution in [1.82, 2.24) is 0 Å². The molecule has 0 aromatic heterocycles. The number of hydrogen-bond acceptors (Lipinski definition) is 3. The zero-order valence-corrected chi connectivity index (χ0v) is 10.0. The zero-order chi connectivity index (χ0) is 11.7. The van der Waals surface area contributed by atoms with Gasteiger partial charge in [-0.25, -0.2) is 0 Å². The Kier molecular flexibility index (Phi) is 7.46. The fourth-order valence-electron chi connectivity index (χ4n) is 1.20. The van der Waals surface area contributed by atoms with Gasteiger partial charge in [0.2, 0.25) is 0 Å². The smallest absolute Gasteiger partial charge is 0.160 e. The van der Waals surface area contributed by atoms with Gasteiger partial charge in [0.15, 0.2) is 11.5 Å². The maximum Gasteiger partial charge on any atom is 0.160 e. The molecule has 3 nitrogen and oxygen atoms in total. The molecular formula is C12H21NO2. The zero-order valence-electron chi connectivity index (χ0n) is 10.0. The van der Waals surface area contributed by atoms with Crippen LogP contribution in [0.4, 0.5) is 0 Å². The Morgan fingerprint density at radius 1 is 1.07 bits per heavy atom. The average molecular weight is 211 g/mol. The molecule has 0 bridgehead atoms. The lowest BCUT2D eigenvalue weighted by atomic mass is 10.1. The van der Waals surface area contributed by atoms with Crippen LogP contribution >= 0.6 is 0 Å². The molecule has 0 aliphatic carbocycles. The van der Waals surface area contributed by atoms with Crippen molar-refractivity contribution in [3.8, 4) is 11.5 Å². The maximum atomic E-state index is 5.45. The second-order valence-electron chi connectivity index (χ2n) is 2.73. The maximum absolute atomic E-state index is 5.45. The molecule has 0 spiro atoms. The summed E-state index contributed by atoms with van der Waals surface area (Å²) in [5.74, 6) is 1.51. The minimum absolute atomic E-state index is 0.648. The molecule has 0 radical (unpaired) electrons. The molecule has 86 valence electrons. The van der Waals surface area contributed by atoms with Crippen LogP contribution < -0.4 is 15.2 Å². The third-order valence-corrected chi connectivity index (χ3v) is 1.88. The van der Waals surface area contributed by atoms with Gasteiger partial charge >= 0.3 is 0 Å². The van der Waals surface area contributed by atoms with E-state index in [0.717, 1.165) is 17.9 Å². The normalized spacial score (nSPS) is 8.87. The predicted molar refractivity (Wildman–Crippen MR) is 63.7 cm³/mol. The second kappa shape index (κ2) is 8.12. The second-order valence-corrected chi connectivity index (χ2v) is 2.73. The van der Waals surface area contributed by atoms with Gasteiger partial charge in [-0.15, -0.1) is 0 Å². The third kappa shape index (κ3) is 4.21. The first-order valence-electron chi connectivity index (χ1n) is 5.22. The van der Waals surface area contributed by atoms with Gasteiger partial charge in [0.05, 0.1) is 14.2 Å². The van der Waals surface area contributed by atoms with Gasteiger partial charge in [-0.1, -0.05) is 19.9 Å². The first-order chi connectivity index (χ1) is 7.31. The Labute approximate surface area is 92.2 Å². The van der Waals surface area contributed by atoms with Crippen LogP contribution in [0.1, 0.15) is 19.4 Å². The summed E-state index contributed by atoms with van der Waals surface area (Å²) in [5, 5.41) is 0. The molecule has 0 unspecified atom stereocenters. The molecule has 0 atom stereocenters. The van der Waals surface area contributed by atoms with E-state index in [9.17, 15) is 0 Å². The molecular weight excluding hydrogens is 190 g/mol. The predicted octanol–water partition coefficient (Wildman–Crippen LogP) is 2.23. The highest BCUT2D eigenvalue weighted by molar-refractivity contribution is 5.42. The lowest BCUT2D eigenvalue weighted by Crippen LogP contribution is -2.03. The van der Waals surface area contributed by atoms with Crippen molar-refractivity contribution < 1.29 is 9.47 Å². The van der Waals surface area contributed by atoms with Gasteiger partial charge in [0.1, 0.15) is 0 Å². The highest BCUT2D eigenvalue weighted by atomic mass is 16.5. The van der Waals surface area contributed by atoms with Crippen LogP contribution in [-0.2, 0) is 6.42 Å². The van der Waals surface area contributed by atoms with Crippen molar-refractivity contribution in [2.75, 3.05) is 20.8 Å². The minimum atomic E-state index is 0.648. The Morgan fingerprint density at radius 2 is 1.67 bits per heavy atom. The molecule has 0 fully saturated rings. The lowest BCUT2D eigenvalue weighted by Gasteiger charge is -2.08. The van der Waals surface area contributed by atoms with E-state index in [1.807, 2.05) is 32.0 Å². The Morgan fingerprint density at radius 3 is 2.13 bits per heavy atom. The molecule has 0 aliphatic heterocycles. The SMILES string of the molecule is CC.COc1ccc(CCN)cc1OC. The Hall–Kier alpha value is -1.22. The summed E-state index contributed by atoms with van der Waals surface area (Å²) >= 11 is 0. The topological polar surface area (TPSA) is 44.5 Å². The van der Waals surface area contributed by atoms with Gasteiger partial charge < -0.3 is 15.2 Å². The van der Waals surface area contributed by atoms with E-state index in [2.05, 4.69) is 0 Å². The van der Waals surface area contributed by atoms with E-state index in [-0.39, 0.29) is 0 Å². The number of nitrogens with two attached hydrogens (primary N) is 1. The van der Waals surface area contributed by atoms with Gasteiger partial charge in [0.25, 0.3) is 0 Å². The molecule has 0 heterocycles. The quantitative estimate of drug-likeness (QED) is 0.830. The van der Waals surface area contributed by atoms with Crippen molar-refractivity contribution >= 4 is 0 Å². The lowest BCUT2D eigenvalue weighted by molar-refractivity contribution is 0.354.